The fraction of sp³-hybridized carbons (Fsp3) is 0.538. The molecule has 2 N–H and O–H groups in total. The molecule has 0 aliphatic heterocycles. The third-order valence-electron chi connectivity index (χ3n) is 2.53. The number of nitrogens with one attached hydrogen (secondary N) is 1. The molecule has 0 spiro atoms. The van der Waals surface area contributed by atoms with E-state index in [1.807, 2.05) is 6.92 Å². The van der Waals surface area contributed by atoms with Gasteiger partial charge < -0.3 is 19.8 Å². The van der Waals surface area contributed by atoms with Gasteiger partial charge in [-0.05, 0) is 13.3 Å². The van der Waals surface area contributed by atoms with Gasteiger partial charge in [-0.25, -0.2) is 0 Å². The number of nitrogens with zero attached hydrogens (tertiary/aromatic N) is 2. The second-order valence-corrected chi connectivity index (χ2v) is 5.56. The summed E-state index contributed by atoms with van der Waals surface area (Å²) in [5, 5.41) is 14.9. The molecular weight excluding hydrogens is 310 g/mol. The maximum absolute atomic E-state index is 11.9. The molecule has 22 heavy (non-hydrogen) atoms. The van der Waals surface area contributed by atoms with Crippen molar-refractivity contribution >= 4 is 35.4 Å². The molecule has 0 unspecified atom stereocenters. The van der Waals surface area contributed by atoms with Gasteiger partial charge >= 0.3 is 5.97 Å². The Bertz CT molecular complexity index is 532. The summed E-state index contributed by atoms with van der Waals surface area (Å²) in [5.41, 5.74) is 0. The van der Waals surface area contributed by atoms with Crippen LogP contribution in [-0.2, 0) is 14.4 Å². The lowest BCUT2D eigenvalue weighted by Crippen LogP contribution is -2.37. The first-order chi connectivity index (χ1) is 10.4. The molecule has 0 saturated heterocycles. The van der Waals surface area contributed by atoms with Gasteiger partial charge in [0.05, 0.1) is 11.5 Å². The zero-order chi connectivity index (χ0) is 16.5. The lowest BCUT2D eigenvalue weighted by molar-refractivity contribution is -0.143. The molecule has 0 aliphatic carbocycles. The molecular formula is C13H19N3O5S. The van der Waals surface area contributed by atoms with Crippen LogP contribution in [0.1, 0.15) is 19.1 Å². The minimum absolute atomic E-state index is 0.0541. The standard InChI is InChI=1S/C13H19N3O5S/c1-3-4-16(6-13(19)20)12(18)8-22-7-11(17)14-10-5-9(2)21-15-10/h5H,3-4,6-8H2,1-2H3,(H,19,20)(H,14,15,17). The number of rotatable bonds is 9. The number of carbonyl (C=O) groups is 3. The molecule has 9 heteroatoms. The van der Waals surface area contributed by atoms with E-state index in [0.717, 1.165) is 11.8 Å². The predicted octanol–water partition coefficient (Wildman–Crippen LogP) is 0.978. The Balaban J connectivity index is 2.33. The van der Waals surface area contributed by atoms with E-state index in [0.29, 0.717) is 24.5 Å². The first-order valence-corrected chi connectivity index (χ1v) is 7.88. The molecule has 1 rings (SSSR count). The topological polar surface area (TPSA) is 113 Å². The summed E-state index contributed by atoms with van der Waals surface area (Å²) in [7, 11) is 0. The number of thioether (sulfide) groups is 1. The van der Waals surface area contributed by atoms with Crippen LogP contribution in [-0.4, -0.2) is 57.5 Å². The fourth-order valence-corrected chi connectivity index (χ4v) is 2.37. The predicted molar refractivity (Wildman–Crippen MR) is 81.7 cm³/mol. The summed E-state index contributed by atoms with van der Waals surface area (Å²) in [5.74, 6) is -0.602. The maximum Gasteiger partial charge on any atom is 0.323 e. The SMILES string of the molecule is CCCN(CC(=O)O)C(=O)CSCC(=O)Nc1cc(C)on1. The van der Waals surface area contributed by atoms with Crippen molar-refractivity contribution < 1.29 is 24.0 Å². The molecule has 0 aromatic carbocycles. The third kappa shape index (κ3) is 6.61. The summed E-state index contributed by atoms with van der Waals surface area (Å²) in [6.07, 6.45) is 0.676. The average molecular weight is 329 g/mol. The highest BCUT2D eigenvalue weighted by atomic mass is 32.2. The number of aryl methyl sites for hydroxylation is 1. The van der Waals surface area contributed by atoms with Crippen LogP contribution in [0.5, 0.6) is 0 Å². The number of carboxylic acid groups (broad SMARTS) is 1. The van der Waals surface area contributed by atoms with Gasteiger partial charge in [0, 0.05) is 12.6 Å². The fourth-order valence-electron chi connectivity index (χ4n) is 1.65. The van der Waals surface area contributed by atoms with E-state index < -0.39 is 5.97 Å². The lowest BCUT2D eigenvalue weighted by Gasteiger charge is -2.19. The van der Waals surface area contributed by atoms with Crippen LogP contribution in [0.3, 0.4) is 0 Å². The summed E-state index contributed by atoms with van der Waals surface area (Å²) < 4.78 is 4.82. The van der Waals surface area contributed by atoms with E-state index in [1.165, 1.54) is 4.90 Å². The zero-order valence-corrected chi connectivity index (χ0v) is 13.3. The Hall–Kier alpha value is -2.03. The van der Waals surface area contributed by atoms with Gasteiger partial charge in [-0.1, -0.05) is 12.1 Å². The molecule has 2 amide bonds. The molecule has 8 nitrogen and oxygen atoms in total. The Morgan fingerprint density at radius 1 is 1.41 bits per heavy atom. The molecule has 0 bridgehead atoms. The minimum Gasteiger partial charge on any atom is -0.480 e. The molecule has 0 aliphatic rings. The smallest absolute Gasteiger partial charge is 0.323 e. The van der Waals surface area contributed by atoms with Gasteiger partial charge in [0.15, 0.2) is 5.82 Å². The lowest BCUT2D eigenvalue weighted by atomic mass is 10.4. The second kappa shape index (κ2) is 9.08. The van der Waals surface area contributed by atoms with Crippen molar-refractivity contribution in [2.24, 2.45) is 0 Å². The van der Waals surface area contributed by atoms with Crippen molar-refractivity contribution in [2.75, 3.05) is 29.9 Å². The van der Waals surface area contributed by atoms with E-state index >= 15 is 0 Å². The quantitative estimate of drug-likeness (QED) is 0.694. The van der Waals surface area contributed by atoms with Crippen molar-refractivity contribution in [3.05, 3.63) is 11.8 Å². The highest BCUT2D eigenvalue weighted by Crippen LogP contribution is 2.09. The van der Waals surface area contributed by atoms with Gasteiger partial charge in [-0.15, -0.1) is 11.8 Å². The van der Waals surface area contributed by atoms with Crippen LogP contribution in [0.25, 0.3) is 0 Å². The largest absolute Gasteiger partial charge is 0.480 e. The van der Waals surface area contributed by atoms with Crippen LogP contribution in [0.15, 0.2) is 10.6 Å². The Labute approximate surface area is 132 Å². The van der Waals surface area contributed by atoms with Crippen LogP contribution in [0.4, 0.5) is 5.82 Å². The number of aliphatic carboxylic acids is 1. The van der Waals surface area contributed by atoms with Gasteiger partial charge in [-0.2, -0.15) is 0 Å². The first kappa shape index (κ1) is 18.0. The molecule has 1 heterocycles. The molecule has 122 valence electrons. The first-order valence-electron chi connectivity index (χ1n) is 6.72. The van der Waals surface area contributed by atoms with E-state index in [2.05, 4.69) is 10.5 Å². The maximum atomic E-state index is 11.9. The van der Waals surface area contributed by atoms with Crippen LogP contribution in [0, 0.1) is 6.92 Å². The van der Waals surface area contributed by atoms with Gasteiger partial charge in [0.2, 0.25) is 11.8 Å². The zero-order valence-electron chi connectivity index (χ0n) is 12.5. The number of hydrogen-bond acceptors (Lipinski definition) is 6. The Morgan fingerprint density at radius 3 is 2.68 bits per heavy atom. The van der Waals surface area contributed by atoms with Crippen molar-refractivity contribution in [3.8, 4) is 0 Å². The van der Waals surface area contributed by atoms with Crippen molar-refractivity contribution in [3.63, 3.8) is 0 Å². The monoisotopic (exact) mass is 329 g/mol. The van der Waals surface area contributed by atoms with E-state index in [9.17, 15) is 14.4 Å². The number of carboxylic acids is 1. The van der Waals surface area contributed by atoms with Crippen molar-refractivity contribution in [1.29, 1.82) is 0 Å². The van der Waals surface area contributed by atoms with Gasteiger partial charge in [-0.3, -0.25) is 14.4 Å². The number of carbonyl (C=O) groups excluding carboxylic acids is 2. The Kier molecular flexibility index (Phi) is 7.44. The van der Waals surface area contributed by atoms with Crippen LogP contribution >= 0.6 is 11.8 Å². The average Bonchev–Trinajstić information content (AvgIpc) is 2.83. The second-order valence-electron chi connectivity index (χ2n) is 4.57. The van der Waals surface area contributed by atoms with Gasteiger partial charge in [0.25, 0.3) is 0 Å². The Morgan fingerprint density at radius 2 is 2.14 bits per heavy atom. The summed E-state index contributed by atoms with van der Waals surface area (Å²) in [4.78, 5) is 35.5. The number of aromatic nitrogens is 1. The van der Waals surface area contributed by atoms with Crippen molar-refractivity contribution in [2.45, 2.75) is 20.3 Å². The molecule has 1 aromatic heterocycles. The van der Waals surface area contributed by atoms with Gasteiger partial charge in [0.1, 0.15) is 12.3 Å². The summed E-state index contributed by atoms with van der Waals surface area (Å²) in [6.45, 7) is 3.64. The normalized spacial score (nSPS) is 10.3. The minimum atomic E-state index is -1.05. The molecule has 0 saturated carbocycles. The highest BCUT2D eigenvalue weighted by molar-refractivity contribution is 8.00. The van der Waals surface area contributed by atoms with Crippen LogP contribution < -0.4 is 5.32 Å². The third-order valence-corrected chi connectivity index (χ3v) is 3.44. The van der Waals surface area contributed by atoms with E-state index in [-0.39, 0.29) is 29.9 Å². The highest BCUT2D eigenvalue weighted by Gasteiger charge is 2.16. The molecule has 0 fully saturated rings. The summed E-state index contributed by atoms with van der Waals surface area (Å²) >= 11 is 1.12. The van der Waals surface area contributed by atoms with E-state index in [4.69, 9.17) is 9.63 Å². The van der Waals surface area contributed by atoms with E-state index in [1.54, 1.807) is 13.0 Å². The van der Waals surface area contributed by atoms with Crippen LogP contribution in [0.2, 0.25) is 0 Å². The van der Waals surface area contributed by atoms with Crippen molar-refractivity contribution in [1.82, 2.24) is 10.1 Å². The molecule has 1 aromatic rings. The number of amides is 2. The number of anilines is 1. The number of hydrogen-bond donors (Lipinski definition) is 2. The molecule has 0 atom stereocenters. The summed E-state index contributed by atoms with van der Waals surface area (Å²) in [6, 6.07) is 1.59. The molecule has 0 radical (unpaired) electrons.